The molecule has 4 aromatic rings. The summed E-state index contributed by atoms with van der Waals surface area (Å²) in [5, 5.41) is 4.28. The van der Waals surface area contributed by atoms with Crippen molar-refractivity contribution in [1.29, 1.82) is 0 Å². The molecule has 3 heterocycles. The van der Waals surface area contributed by atoms with Gasteiger partial charge in [0.05, 0.1) is 5.39 Å². The van der Waals surface area contributed by atoms with Crippen molar-refractivity contribution in [3.63, 3.8) is 0 Å². The van der Waals surface area contributed by atoms with Crippen LogP contribution in [0.25, 0.3) is 20.7 Å². The van der Waals surface area contributed by atoms with E-state index in [9.17, 15) is 4.79 Å². The van der Waals surface area contributed by atoms with E-state index in [0.717, 1.165) is 42.0 Å². The van der Waals surface area contributed by atoms with E-state index in [1.807, 2.05) is 36.4 Å². The van der Waals surface area contributed by atoms with Gasteiger partial charge in [-0.2, -0.15) is 0 Å². The predicted octanol–water partition coefficient (Wildman–Crippen LogP) is 4.76. The van der Waals surface area contributed by atoms with Crippen LogP contribution in [0.3, 0.4) is 0 Å². The van der Waals surface area contributed by atoms with E-state index in [0.29, 0.717) is 5.56 Å². The molecule has 0 bridgehead atoms. The largest absolute Gasteiger partial charge is 0.356 e. The molecule has 2 aromatic heterocycles. The zero-order chi connectivity index (χ0) is 20.3. The highest BCUT2D eigenvalue weighted by Gasteiger charge is 2.24. The summed E-state index contributed by atoms with van der Waals surface area (Å²) in [6.07, 6.45) is 3.46. The molecule has 0 atom stereocenters. The SMILES string of the molecule is O=C(NC1CCN(c2ncnc3sc(-c4ccccc4)cc23)CC1)c1ccccc1. The van der Waals surface area contributed by atoms with Crippen molar-refractivity contribution in [3.05, 3.63) is 78.6 Å². The average Bonchev–Trinajstić information content (AvgIpc) is 3.25. The molecule has 1 fully saturated rings. The van der Waals surface area contributed by atoms with Crippen LogP contribution < -0.4 is 10.2 Å². The lowest BCUT2D eigenvalue weighted by molar-refractivity contribution is 0.0931. The molecule has 0 radical (unpaired) electrons. The Morgan fingerprint density at radius 1 is 0.967 bits per heavy atom. The van der Waals surface area contributed by atoms with E-state index < -0.39 is 0 Å². The number of hydrogen-bond donors (Lipinski definition) is 1. The maximum absolute atomic E-state index is 12.4. The van der Waals surface area contributed by atoms with Gasteiger partial charge in [-0.1, -0.05) is 48.5 Å². The van der Waals surface area contributed by atoms with Gasteiger partial charge in [0.2, 0.25) is 0 Å². The normalized spacial score (nSPS) is 14.7. The molecule has 1 aliphatic heterocycles. The third-order valence-electron chi connectivity index (χ3n) is 5.53. The minimum Gasteiger partial charge on any atom is -0.356 e. The molecule has 150 valence electrons. The highest BCUT2D eigenvalue weighted by atomic mass is 32.1. The number of anilines is 1. The fourth-order valence-corrected chi connectivity index (χ4v) is 4.93. The lowest BCUT2D eigenvalue weighted by Gasteiger charge is -2.33. The van der Waals surface area contributed by atoms with Gasteiger partial charge in [0.15, 0.2) is 0 Å². The Labute approximate surface area is 179 Å². The number of hydrogen-bond acceptors (Lipinski definition) is 5. The van der Waals surface area contributed by atoms with E-state index in [4.69, 9.17) is 0 Å². The average molecular weight is 415 g/mol. The molecular weight excluding hydrogens is 392 g/mol. The van der Waals surface area contributed by atoms with Gasteiger partial charge in [0.1, 0.15) is 17.0 Å². The van der Waals surface area contributed by atoms with Crippen molar-refractivity contribution < 1.29 is 4.79 Å². The number of benzene rings is 2. The number of thiophene rings is 1. The number of carbonyl (C=O) groups is 1. The van der Waals surface area contributed by atoms with Crippen LogP contribution in [0, 0.1) is 0 Å². The van der Waals surface area contributed by atoms with Crippen molar-refractivity contribution in [2.24, 2.45) is 0 Å². The quantitative estimate of drug-likeness (QED) is 0.523. The molecule has 0 saturated carbocycles. The summed E-state index contributed by atoms with van der Waals surface area (Å²) in [6, 6.07) is 22.2. The number of rotatable bonds is 4. The Morgan fingerprint density at radius 2 is 1.67 bits per heavy atom. The highest BCUT2D eigenvalue weighted by molar-refractivity contribution is 7.21. The monoisotopic (exact) mass is 414 g/mol. The van der Waals surface area contributed by atoms with E-state index >= 15 is 0 Å². The van der Waals surface area contributed by atoms with Crippen LogP contribution in [-0.2, 0) is 0 Å². The van der Waals surface area contributed by atoms with Crippen molar-refractivity contribution in [1.82, 2.24) is 15.3 Å². The van der Waals surface area contributed by atoms with Crippen LogP contribution in [0.2, 0.25) is 0 Å². The summed E-state index contributed by atoms with van der Waals surface area (Å²) in [6.45, 7) is 1.73. The minimum atomic E-state index is 0.00353. The maximum Gasteiger partial charge on any atom is 0.251 e. The molecule has 2 aromatic carbocycles. The molecule has 1 saturated heterocycles. The molecule has 5 nitrogen and oxygen atoms in total. The number of piperidine rings is 1. The van der Waals surface area contributed by atoms with E-state index in [2.05, 4.69) is 50.5 Å². The predicted molar refractivity (Wildman–Crippen MR) is 122 cm³/mol. The van der Waals surface area contributed by atoms with Gasteiger partial charge in [-0.25, -0.2) is 9.97 Å². The van der Waals surface area contributed by atoms with Gasteiger partial charge in [-0.05, 0) is 36.6 Å². The van der Waals surface area contributed by atoms with Crippen molar-refractivity contribution in [2.45, 2.75) is 18.9 Å². The minimum absolute atomic E-state index is 0.00353. The Bertz CT molecular complexity index is 1150. The summed E-state index contributed by atoms with van der Waals surface area (Å²) < 4.78 is 0. The number of nitrogens with one attached hydrogen (secondary N) is 1. The Hall–Kier alpha value is -3.25. The second kappa shape index (κ2) is 8.24. The van der Waals surface area contributed by atoms with Crippen LogP contribution in [0.5, 0.6) is 0 Å². The molecule has 0 spiro atoms. The second-order valence-corrected chi connectivity index (χ2v) is 8.52. The van der Waals surface area contributed by atoms with Crippen LogP contribution in [0.1, 0.15) is 23.2 Å². The Morgan fingerprint density at radius 3 is 2.40 bits per heavy atom. The third kappa shape index (κ3) is 3.78. The number of fused-ring (bicyclic) bond motifs is 1. The van der Waals surface area contributed by atoms with Gasteiger partial charge >= 0.3 is 0 Å². The van der Waals surface area contributed by atoms with Crippen LogP contribution >= 0.6 is 11.3 Å². The van der Waals surface area contributed by atoms with Crippen LogP contribution in [0.4, 0.5) is 5.82 Å². The first-order valence-electron chi connectivity index (χ1n) is 10.2. The summed E-state index contributed by atoms with van der Waals surface area (Å²) in [7, 11) is 0. The molecule has 0 unspecified atom stereocenters. The number of amides is 1. The van der Waals surface area contributed by atoms with Crippen LogP contribution in [0.15, 0.2) is 73.1 Å². The van der Waals surface area contributed by atoms with Crippen molar-refractivity contribution >= 4 is 33.3 Å². The fraction of sp³-hybridized carbons (Fsp3) is 0.208. The van der Waals surface area contributed by atoms with Gasteiger partial charge < -0.3 is 10.2 Å². The topological polar surface area (TPSA) is 58.1 Å². The van der Waals surface area contributed by atoms with E-state index in [1.165, 1.54) is 10.4 Å². The summed E-state index contributed by atoms with van der Waals surface area (Å²) in [5.74, 6) is 0.995. The highest BCUT2D eigenvalue weighted by Crippen LogP contribution is 2.36. The lowest BCUT2D eigenvalue weighted by atomic mass is 10.0. The van der Waals surface area contributed by atoms with Crippen LogP contribution in [-0.4, -0.2) is 35.0 Å². The molecule has 5 rings (SSSR count). The second-order valence-electron chi connectivity index (χ2n) is 7.49. The molecule has 6 heteroatoms. The smallest absolute Gasteiger partial charge is 0.251 e. The van der Waals surface area contributed by atoms with E-state index in [1.54, 1.807) is 17.7 Å². The summed E-state index contributed by atoms with van der Waals surface area (Å²) >= 11 is 1.70. The standard InChI is InChI=1S/C24H22N4OS/c29-23(18-9-5-2-6-10-18)27-19-11-13-28(14-12-19)22-20-15-21(17-7-3-1-4-8-17)30-24(20)26-16-25-22/h1-10,15-16,19H,11-14H2,(H,27,29). The summed E-state index contributed by atoms with van der Waals surface area (Å²) in [4.78, 5) is 26.1. The summed E-state index contributed by atoms with van der Waals surface area (Å²) in [5.41, 5.74) is 1.91. The molecule has 30 heavy (non-hydrogen) atoms. The molecule has 1 amide bonds. The Balaban J connectivity index is 1.30. The first-order valence-corrected chi connectivity index (χ1v) is 11.0. The molecule has 1 aliphatic rings. The first-order chi connectivity index (χ1) is 14.8. The van der Waals surface area contributed by atoms with Crippen molar-refractivity contribution in [2.75, 3.05) is 18.0 Å². The maximum atomic E-state index is 12.4. The zero-order valence-electron chi connectivity index (χ0n) is 16.5. The lowest BCUT2D eigenvalue weighted by Crippen LogP contribution is -2.45. The van der Waals surface area contributed by atoms with Gasteiger partial charge in [0, 0.05) is 29.6 Å². The first kappa shape index (κ1) is 18.8. The zero-order valence-corrected chi connectivity index (χ0v) is 17.3. The number of nitrogens with zero attached hydrogens (tertiary/aromatic N) is 3. The van der Waals surface area contributed by atoms with Crippen molar-refractivity contribution in [3.8, 4) is 10.4 Å². The molecular formula is C24H22N4OS. The number of aromatic nitrogens is 2. The van der Waals surface area contributed by atoms with Gasteiger partial charge in [-0.15, -0.1) is 11.3 Å². The number of carbonyl (C=O) groups excluding carboxylic acids is 1. The van der Waals surface area contributed by atoms with E-state index in [-0.39, 0.29) is 11.9 Å². The molecule has 1 N–H and O–H groups in total. The Kier molecular flexibility index (Phi) is 5.15. The van der Waals surface area contributed by atoms with Gasteiger partial charge in [0.25, 0.3) is 5.91 Å². The fourth-order valence-electron chi connectivity index (χ4n) is 3.93. The molecule has 0 aliphatic carbocycles. The third-order valence-corrected chi connectivity index (χ3v) is 6.62. The van der Waals surface area contributed by atoms with Gasteiger partial charge in [-0.3, -0.25) is 4.79 Å².